The zero-order valence-corrected chi connectivity index (χ0v) is 18.5. The number of epoxide rings is 1. The summed E-state index contributed by atoms with van der Waals surface area (Å²) in [5.74, 6) is -0.344. The van der Waals surface area contributed by atoms with Crippen molar-refractivity contribution < 1.29 is 19.4 Å². The molecule has 1 N–H and O–H groups in total. The molecule has 1 aliphatic heterocycles. The molecule has 0 aromatic heterocycles. The van der Waals surface area contributed by atoms with Crippen molar-refractivity contribution in [3.63, 3.8) is 0 Å². The molecular formula is C25H36O4. The Balaban J connectivity index is 2.32. The molecule has 29 heavy (non-hydrogen) atoms. The van der Waals surface area contributed by atoms with E-state index in [-0.39, 0.29) is 24.1 Å². The van der Waals surface area contributed by atoms with Gasteiger partial charge in [-0.15, -0.1) is 0 Å². The lowest BCUT2D eigenvalue weighted by Crippen LogP contribution is -2.32. The standard InChI is InChI=1S/C25H36O4/c1-18(2)8-7-13-24(5)14-11-20(17-26)9-10-22-25(6,29-22)21(12-15-24)28-23(27)16-19(3)4/h7-8,11-12,15-16,21-22,26H,1,9-10,13-14,17H2,2-6H3/b8-7+,15-12+,20-11+/t21-,22+,24+,25+/m0/s1. The molecule has 0 aromatic carbocycles. The van der Waals surface area contributed by atoms with E-state index in [0.717, 1.165) is 42.4 Å². The fraction of sp³-hybridized carbons (Fsp3) is 0.560. The van der Waals surface area contributed by atoms with Gasteiger partial charge in [-0.05, 0) is 70.4 Å². The Bertz CT molecular complexity index is 738. The smallest absolute Gasteiger partial charge is 0.331 e. The number of hydrogen-bond acceptors (Lipinski definition) is 4. The normalized spacial score (nSPS) is 34.9. The van der Waals surface area contributed by atoms with Crippen molar-refractivity contribution in [2.45, 2.75) is 78.1 Å². The van der Waals surface area contributed by atoms with E-state index < -0.39 is 11.7 Å². The number of aliphatic hydroxyl groups is 1. The molecule has 1 saturated heterocycles. The van der Waals surface area contributed by atoms with E-state index >= 15 is 0 Å². The number of carbonyl (C=O) groups is 1. The van der Waals surface area contributed by atoms with Crippen molar-refractivity contribution in [3.05, 3.63) is 59.8 Å². The molecule has 0 amide bonds. The van der Waals surface area contributed by atoms with Crippen molar-refractivity contribution >= 4 is 5.97 Å². The van der Waals surface area contributed by atoms with Crippen LogP contribution in [0, 0.1) is 5.41 Å². The lowest BCUT2D eigenvalue weighted by Gasteiger charge is -2.25. The molecule has 0 spiro atoms. The molecule has 2 aliphatic rings. The summed E-state index contributed by atoms with van der Waals surface area (Å²) in [6, 6.07) is 0. The van der Waals surface area contributed by atoms with Crippen molar-refractivity contribution in [2.24, 2.45) is 5.41 Å². The van der Waals surface area contributed by atoms with Crippen LogP contribution in [0.15, 0.2) is 59.8 Å². The number of allylic oxidation sites excluding steroid dienone is 6. The Morgan fingerprint density at radius 1 is 1.38 bits per heavy atom. The van der Waals surface area contributed by atoms with Gasteiger partial charge in [0.1, 0.15) is 5.60 Å². The summed E-state index contributed by atoms with van der Waals surface area (Å²) >= 11 is 0. The molecule has 1 fully saturated rings. The number of aliphatic hydroxyl groups excluding tert-OH is 1. The maximum Gasteiger partial charge on any atom is 0.331 e. The van der Waals surface area contributed by atoms with E-state index in [4.69, 9.17) is 9.47 Å². The third-order valence-electron chi connectivity index (χ3n) is 5.64. The number of esters is 1. The molecule has 0 aromatic rings. The van der Waals surface area contributed by atoms with Crippen molar-refractivity contribution in [1.29, 1.82) is 0 Å². The third-order valence-corrected chi connectivity index (χ3v) is 5.64. The molecule has 1 aliphatic carbocycles. The van der Waals surface area contributed by atoms with E-state index in [1.165, 1.54) is 6.08 Å². The zero-order valence-electron chi connectivity index (χ0n) is 18.5. The van der Waals surface area contributed by atoms with Crippen molar-refractivity contribution in [1.82, 2.24) is 0 Å². The van der Waals surface area contributed by atoms with E-state index in [1.54, 1.807) is 0 Å². The number of hydrogen-bond donors (Lipinski definition) is 1. The summed E-state index contributed by atoms with van der Waals surface area (Å²) in [5.41, 5.74) is 2.25. The first-order valence-corrected chi connectivity index (χ1v) is 10.4. The van der Waals surface area contributed by atoms with Crippen LogP contribution in [-0.4, -0.2) is 35.5 Å². The van der Waals surface area contributed by atoms with Crippen LogP contribution < -0.4 is 0 Å². The second kappa shape index (κ2) is 9.73. The minimum Gasteiger partial charge on any atom is -0.452 e. The van der Waals surface area contributed by atoms with Gasteiger partial charge >= 0.3 is 5.97 Å². The molecule has 1 heterocycles. The molecule has 0 bridgehead atoms. The summed E-state index contributed by atoms with van der Waals surface area (Å²) in [6.45, 7) is 13.9. The largest absolute Gasteiger partial charge is 0.452 e. The summed E-state index contributed by atoms with van der Waals surface area (Å²) < 4.78 is 11.8. The average molecular weight is 401 g/mol. The van der Waals surface area contributed by atoms with E-state index in [0.29, 0.717) is 0 Å². The van der Waals surface area contributed by atoms with E-state index in [2.05, 4.69) is 31.7 Å². The van der Waals surface area contributed by atoms with E-state index in [9.17, 15) is 9.90 Å². The first-order chi connectivity index (χ1) is 13.6. The second-order valence-electron chi connectivity index (χ2n) is 9.10. The highest BCUT2D eigenvalue weighted by atomic mass is 16.6. The predicted molar refractivity (Wildman–Crippen MR) is 117 cm³/mol. The van der Waals surface area contributed by atoms with Crippen LogP contribution in [0.1, 0.15) is 60.3 Å². The molecule has 0 radical (unpaired) electrons. The Kier molecular flexibility index (Phi) is 7.84. The molecule has 0 saturated carbocycles. The van der Waals surface area contributed by atoms with Gasteiger partial charge in [0.15, 0.2) is 6.10 Å². The van der Waals surface area contributed by atoms with Gasteiger partial charge in [-0.1, -0.05) is 49.0 Å². The summed E-state index contributed by atoms with van der Waals surface area (Å²) in [6.07, 6.45) is 14.7. The molecule has 4 nitrogen and oxygen atoms in total. The van der Waals surface area contributed by atoms with Crippen LogP contribution in [0.25, 0.3) is 0 Å². The first kappa shape index (κ1) is 23.4. The third kappa shape index (κ3) is 6.83. The molecular weight excluding hydrogens is 364 g/mol. The Morgan fingerprint density at radius 3 is 2.72 bits per heavy atom. The van der Waals surface area contributed by atoms with Crippen LogP contribution in [0.2, 0.25) is 0 Å². The van der Waals surface area contributed by atoms with Gasteiger partial charge in [-0.25, -0.2) is 4.79 Å². The summed E-state index contributed by atoms with van der Waals surface area (Å²) in [5, 5.41) is 9.75. The SMILES string of the molecule is C=C(C)/C=C/C[C@@]1(C)/C=C/[C@H](OC(=O)C=C(C)C)[C@@]2(C)O[C@@H]2CC/C(CO)=C\C1. The maximum atomic E-state index is 12.3. The van der Waals surface area contributed by atoms with Crippen LogP contribution in [0.5, 0.6) is 0 Å². The number of carbonyl (C=O) groups excluding carboxylic acids is 1. The van der Waals surface area contributed by atoms with Gasteiger partial charge in [-0.3, -0.25) is 0 Å². The molecule has 0 unspecified atom stereocenters. The van der Waals surface area contributed by atoms with Gasteiger partial charge in [0.25, 0.3) is 0 Å². The minimum absolute atomic E-state index is 0.0132. The van der Waals surface area contributed by atoms with Gasteiger partial charge in [0.2, 0.25) is 0 Å². The second-order valence-corrected chi connectivity index (χ2v) is 9.10. The fourth-order valence-corrected chi connectivity index (χ4v) is 3.62. The zero-order chi connectivity index (χ0) is 21.7. The summed E-state index contributed by atoms with van der Waals surface area (Å²) in [7, 11) is 0. The Morgan fingerprint density at radius 2 is 2.10 bits per heavy atom. The van der Waals surface area contributed by atoms with Gasteiger partial charge in [0.05, 0.1) is 12.7 Å². The highest BCUT2D eigenvalue weighted by Gasteiger charge is 2.58. The number of ether oxygens (including phenoxy) is 2. The number of rotatable bonds is 6. The molecule has 2 rings (SSSR count). The first-order valence-electron chi connectivity index (χ1n) is 10.4. The van der Waals surface area contributed by atoms with Crippen LogP contribution >= 0.6 is 0 Å². The summed E-state index contributed by atoms with van der Waals surface area (Å²) in [4.78, 5) is 12.3. The Labute approximate surface area is 175 Å². The van der Waals surface area contributed by atoms with E-state index in [1.807, 2.05) is 39.8 Å². The van der Waals surface area contributed by atoms with Gasteiger partial charge in [-0.2, -0.15) is 0 Å². The lowest BCUT2D eigenvalue weighted by atomic mass is 9.81. The molecule has 4 atom stereocenters. The van der Waals surface area contributed by atoms with Gasteiger partial charge < -0.3 is 14.6 Å². The minimum atomic E-state index is -0.527. The Hall–Kier alpha value is -1.91. The lowest BCUT2D eigenvalue weighted by molar-refractivity contribution is -0.143. The average Bonchev–Trinajstić information content (AvgIpc) is 3.28. The molecule has 160 valence electrons. The van der Waals surface area contributed by atoms with Crippen molar-refractivity contribution in [2.75, 3.05) is 6.61 Å². The number of fused-ring (bicyclic) bond motifs is 1. The topological polar surface area (TPSA) is 59.1 Å². The quantitative estimate of drug-likeness (QED) is 0.219. The van der Waals surface area contributed by atoms with Gasteiger partial charge in [0, 0.05) is 6.08 Å². The predicted octanol–water partition coefficient (Wildman–Crippen LogP) is 5.21. The van der Waals surface area contributed by atoms with Crippen LogP contribution in [0.3, 0.4) is 0 Å². The fourth-order valence-electron chi connectivity index (χ4n) is 3.62. The monoisotopic (exact) mass is 400 g/mol. The van der Waals surface area contributed by atoms with Crippen LogP contribution in [-0.2, 0) is 14.3 Å². The molecule has 4 heteroatoms. The van der Waals surface area contributed by atoms with Crippen LogP contribution in [0.4, 0.5) is 0 Å². The highest BCUT2D eigenvalue weighted by Crippen LogP contribution is 2.45. The van der Waals surface area contributed by atoms with Crippen molar-refractivity contribution in [3.8, 4) is 0 Å². The maximum absolute atomic E-state index is 12.3. The highest BCUT2D eigenvalue weighted by molar-refractivity contribution is 5.83.